The molecule has 0 unspecified atom stereocenters. The number of carbonyl (C=O) groups is 1. The van der Waals surface area contributed by atoms with Gasteiger partial charge >= 0.3 is 0 Å². The van der Waals surface area contributed by atoms with Crippen LogP contribution in [0.5, 0.6) is 5.75 Å². The number of benzene rings is 1. The number of hydrogen-bond acceptors (Lipinski definition) is 6. The van der Waals surface area contributed by atoms with E-state index in [0.717, 1.165) is 39.0 Å². The average molecular weight is 444 g/mol. The number of fused-ring (bicyclic) bond motifs is 1. The molecule has 0 N–H and O–H groups in total. The molecule has 168 valence electrons. The quantitative estimate of drug-likeness (QED) is 0.480. The summed E-state index contributed by atoms with van der Waals surface area (Å²) in [4.78, 5) is 28.1. The van der Waals surface area contributed by atoms with Crippen molar-refractivity contribution in [1.29, 1.82) is 0 Å². The van der Waals surface area contributed by atoms with E-state index in [1.54, 1.807) is 25.7 Å². The molecule has 1 aliphatic rings. The van der Waals surface area contributed by atoms with Crippen LogP contribution in [0.4, 0.5) is 0 Å². The Hall–Kier alpha value is -3.78. The smallest absolute Gasteiger partial charge is 0.270 e. The normalized spacial score (nSPS) is 16.2. The summed E-state index contributed by atoms with van der Waals surface area (Å²) in [5, 5.41) is 1.02. The molecule has 8 nitrogen and oxygen atoms in total. The van der Waals surface area contributed by atoms with E-state index in [0.29, 0.717) is 25.4 Å². The summed E-state index contributed by atoms with van der Waals surface area (Å²) in [6, 6.07) is 9.80. The minimum Gasteiger partial charge on any atom is -0.497 e. The minimum absolute atomic E-state index is 0.00322. The number of rotatable bonds is 4. The Labute approximate surface area is 191 Å². The lowest BCUT2D eigenvalue weighted by atomic mass is 10.1. The zero-order chi connectivity index (χ0) is 22.9. The molecule has 4 aromatic rings. The van der Waals surface area contributed by atoms with Crippen molar-refractivity contribution < 1.29 is 14.3 Å². The predicted molar refractivity (Wildman–Crippen MR) is 124 cm³/mol. The summed E-state index contributed by atoms with van der Waals surface area (Å²) in [5.74, 6) is 0.773. The van der Waals surface area contributed by atoms with Gasteiger partial charge < -0.3 is 18.9 Å². The number of ether oxygens (including phenoxy) is 2. The molecular weight excluding hydrogens is 418 g/mol. The Kier molecular flexibility index (Phi) is 5.51. The van der Waals surface area contributed by atoms with Crippen LogP contribution in [0.3, 0.4) is 0 Å². The van der Waals surface area contributed by atoms with Crippen LogP contribution in [0.1, 0.15) is 27.8 Å². The van der Waals surface area contributed by atoms with Crippen molar-refractivity contribution in [3.05, 3.63) is 72.2 Å². The second-order valence-corrected chi connectivity index (χ2v) is 8.13. The Morgan fingerprint density at radius 1 is 1.12 bits per heavy atom. The Bertz CT molecular complexity index is 1300. The number of morpholine rings is 1. The largest absolute Gasteiger partial charge is 0.497 e. The summed E-state index contributed by atoms with van der Waals surface area (Å²) in [7, 11) is 3.58. The third-order valence-corrected chi connectivity index (χ3v) is 6.23. The van der Waals surface area contributed by atoms with E-state index in [-0.39, 0.29) is 12.0 Å². The lowest BCUT2D eigenvalue weighted by Gasteiger charge is -2.33. The van der Waals surface area contributed by atoms with Gasteiger partial charge in [0.15, 0.2) is 0 Å². The highest BCUT2D eigenvalue weighted by Crippen LogP contribution is 2.30. The maximum atomic E-state index is 13.6. The molecule has 4 heterocycles. The number of amides is 1. The fourth-order valence-electron chi connectivity index (χ4n) is 4.42. The topological polar surface area (TPSA) is 82.4 Å². The van der Waals surface area contributed by atoms with Crippen molar-refractivity contribution in [3.63, 3.8) is 0 Å². The molecule has 8 heteroatoms. The van der Waals surface area contributed by atoms with Crippen molar-refractivity contribution in [2.75, 3.05) is 26.8 Å². The number of nitrogens with zero attached hydrogens (tertiary/aromatic N) is 5. The molecule has 0 aliphatic carbocycles. The molecular formula is C25H25N5O3. The van der Waals surface area contributed by atoms with Crippen molar-refractivity contribution in [2.24, 2.45) is 7.05 Å². The summed E-state index contributed by atoms with van der Waals surface area (Å²) in [5.41, 5.74) is 5.28. The highest BCUT2D eigenvalue weighted by Gasteiger charge is 2.30. The maximum absolute atomic E-state index is 13.6. The van der Waals surface area contributed by atoms with Gasteiger partial charge in [0.2, 0.25) is 0 Å². The Balaban J connectivity index is 1.38. The van der Waals surface area contributed by atoms with E-state index in [2.05, 4.69) is 15.0 Å². The summed E-state index contributed by atoms with van der Waals surface area (Å²) >= 11 is 0. The van der Waals surface area contributed by atoms with E-state index < -0.39 is 0 Å². The van der Waals surface area contributed by atoms with Crippen LogP contribution >= 0.6 is 0 Å². The van der Waals surface area contributed by atoms with Gasteiger partial charge in [-0.1, -0.05) is 6.07 Å². The molecule has 1 amide bonds. The molecule has 33 heavy (non-hydrogen) atoms. The summed E-state index contributed by atoms with van der Waals surface area (Å²) in [6.45, 7) is 3.44. The highest BCUT2D eigenvalue weighted by atomic mass is 16.5. The number of carbonyl (C=O) groups excluding carboxylic acids is 1. The molecule has 1 saturated heterocycles. The number of aryl methyl sites for hydroxylation is 2. The van der Waals surface area contributed by atoms with Crippen LogP contribution in [0.2, 0.25) is 0 Å². The molecule has 1 aliphatic heterocycles. The number of methoxy groups -OCH3 is 1. The van der Waals surface area contributed by atoms with Gasteiger partial charge in [-0.3, -0.25) is 9.78 Å². The van der Waals surface area contributed by atoms with Crippen LogP contribution in [-0.2, 0) is 11.8 Å². The predicted octanol–water partition coefficient (Wildman–Crippen LogP) is 3.56. The van der Waals surface area contributed by atoms with Crippen molar-refractivity contribution in [1.82, 2.24) is 24.4 Å². The molecule has 1 aromatic carbocycles. The molecule has 5 rings (SSSR count). The first-order valence-electron chi connectivity index (χ1n) is 10.8. The first-order valence-corrected chi connectivity index (χ1v) is 10.8. The van der Waals surface area contributed by atoms with Crippen molar-refractivity contribution in [3.8, 4) is 16.9 Å². The van der Waals surface area contributed by atoms with Gasteiger partial charge in [-0.2, -0.15) is 0 Å². The fourth-order valence-corrected chi connectivity index (χ4v) is 4.42. The van der Waals surface area contributed by atoms with E-state index in [1.807, 2.05) is 53.8 Å². The van der Waals surface area contributed by atoms with Gasteiger partial charge in [0, 0.05) is 54.2 Å². The third kappa shape index (κ3) is 3.82. The van der Waals surface area contributed by atoms with E-state index in [1.165, 1.54) is 6.33 Å². The summed E-state index contributed by atoms with van der Waals surface area (Å²) in [6.07, 6.45) is 6.52. The molecule has 0 saturated carbocycles. The van der Waals surface area contributed by atoms with Gasteiger partial charge in [0.1, 0.15) is 23.9 Å². The van der Waals surface area contributed by atoms with Gasteiger partial charge in [-0.25, -0.2) is 9.97 Å². The van der Waals surface area contributed by atoms with Gasteiger partial charge in [-0.15, -0.1) is 0 Å². The molecule has 1 fully saturated rings. The second kappa shape index (κ2) is 8.63. The highest BCUT2D eigenvalue weighted by molar-refractivity contribution is 6.02. The zero-order valence-corrected chi connectivity index (χ0v) is 18.9. The Morgan fingerprint density at radius 2 is 1.94 bits per heavy atom. The standard InChI is InChI=1S/C25H25N5O3/c1-16-20-10-19(32-3)5-7-22(20)29(2)24(16)25(31)30-8-9-33-23(14-30)21-6-4-17(13-28-21)18-11-26-15-27-12-18/h4-7,10-13,15,23H,8-9,14H2,1-3H3/t23-/m1/s1. The number of pyridine rings is 1. The maximum Gasteiger partial charge on any atom is 0.270 e. The molecule has 0 spiro atoms. The van der Waals surface area contributed by atoms with Gasteiger partial charge in [-0.05, 0) is 36.8 Å². The minimum atomic E-state index is -0.279. The van der Waals surface area contributed by atoms with Crippen molar-refractivity contribution >= 4 is 16.8 Å². The average Bonchev–Trinajstić information content (AvgIpc) is 3.13. The SMILES string of the molecule is COc1ccc2c(c1)c(C)c(C(=O)N1CCO[C@@H](c3ccc(-c4cncnc4)cn3)C1)n2C. The second-order valence-electron chi connectivity index (χ2n) is 8.13. The van der Waals surface area contributed by atoms with Crippen LogP contribution in [0.25, 0.3) is 22.0 Å². The zero-order valence-electron chi connectivity index (χ0n) is 18.9. The molecule has 0 radical (unpaired) electrons. The van der Waals surface area contributed by atoms with Crippen LogP contribution < -0.4 is 4.74 Å². The van der Waals surface area contributed by atoms with E-state index in [9.17, 15) is 4.79 Å². The van der Waals surface area contributed by atoms with E-state index in [4.69, 9.17) is 9.47 Å². The van der Waals surface area contributed by atoms with Gasteiger partial charge in [0.05, 0.1) is 26.0 Å². The monoisotopic (exact) mass is 443 g/mol. The van der Waals surface area contributed by atoms with Crippen molar-refractivity contribution in [2.45, 2.75) is 13.0 Å². The van der Waals surface area contributed by atoms with Gasteiger partial charge in [0.25, 0.3) is 5.91 Å². The number of hydrogen-bond donors (Lipinski definition) is 0. The lowest BCUT2D eigenvalue weighted by Crippen LogP contribution is -2.43. The number of aromatic nitrogens is 4. The first-order chi connectivity index (χ1) is 16.1. The fraction of sp³-hybridized carbons (Fsp3) is 0.280. The lowest BCUT2D eigenvalue weighted by molar-refractivity contribution is -0.0250. The van der Waals surface area contributed by atoms with Crippen LogP contribution in [0, 0.1) is 6.92 Å². The van der Waals surface area contributed by atoms with Crippen LogP contribution in [0.15, 0.2) is 55.2 Å². The third-order valence-electron chi connectivity index (χ3n) is 6.23. The molecule has 0 bridgehead atoms. The molecule has 3 aromatic heterocycles. The van der Waals surface area contributed by atoms with E-state index >= 15 is 0 Å². The molecule has 1 atom stereocenters. The first kappa shape index (κ1) is 21.1. The Morgan fingerprint density at radius 3 is 2.67 bits per heavy atom. The summed E-state index contributed by atoms with van der Waals surface area (Å²) < 4.78 is 13.3. The van der Waals surface area contributed by atoms with Crippen LogP contribution in [-0.4, -0.2) is 57.1 Å².